The maximum Gasteiger partial charge on any atom is 0.303 e. The molecule has 1 rings (SSSR count). The quantitative estimate of drug-likeness (QED) is 0.728. The van der Waals surface area contributed by atoms with E-state index in [0.29, 0.717) is 12.1 Å². The minimum Gasteiger partial charge on any atom is -0.481 e. The molecule has 0 aromatic heterocycles. The Morgan fingerprint density at radius 2 is 2.05 bits per heavy atom. The number of hydrogen-bond acceptors (Lipinski definition) is 3. The number of amides is 1. The molecule has 0 unspecified atom stereocenters. The number of carboxylic acid groups (broad SMARTS) is 1. The number of aryl methyl sites for hydroxylation is 1. The molecule has 0 heterocycles. The van der Waals surface area contributed by atoms with Crippen molar-refractivity contribution in [2.24, 2.45) is 11.7 Å². The molecule has 5 nitrogen and oxygen atoms in total. The van der Waals surface area contributed by atoms with Gasteiger partial charge in [-0.1, -0.05) is 26.0 Å². The second kappa shape index (κ2) is 6.89. The van der Waals surface area contributed by atoms with Crippen LogP contribution in [0.1, 0.15) is 25.8 Å². The summed E-state index contributed by atoms with van der Waals surface area (Å²) in [6.45, 7) is 3.76. The lowest BCUT2D eigenvalue weighted by molar-refractivity contribution is -0.137. The molecular weight excluding hydrogens is 244 g/mol. The molecule has 1 aromatic rings. The fourth-order valence-electron chi connectivity index (χ4n) is 1.58. The Morgan fingerprint density at radius 3 is 2.63 bits per heavy atom. The van der Waals surface area contributed by atoms with E-state index in [1.807, 2.05) is 19.9 Å². The summed E-state index contributed by atoms with van der Waals surface area (Å²) >= 11 is 0. The molecule has 5 heteroatoms. The molecule has 0 aliphatic rings. The molecule has 0 saturated carbocycles. The second-order valence-corrected chi connectivity index (χ2v) is 4.85. The smallest absolute Gasteiger partial charge is 0.303 e. The summed E-state index contributed by atoms with van der Waals surface area (Å²) < 4.78 is 0. The summed E-state index contributed by atoms with van der Waals surface area (Å²) in [7, 11) is 0. The normalized spacial score (nSPS) is 12.2. The van der Waals surface area contributed by atoms with Crippen molar-refractivity contribution in [3.63, 3.8) is 0 Å². The Labute approximate surface area is 112 Å². The lowest BCUT2D eigenvalue weighted by Crippen LogP contribution is -2.39. The molecule has 19 heavy (non-hydrogen) atoms. The van der Waals surface area contributed by atoms with Gasteiger partial charge in [0.15, 0.2) is 0 Å². The predicted molar refractivity (Wildman–Crippen MR) is 73.8 cm³/mol. The monoisotopic (exact) mass is 264 g/mol. The maximum atomic E-state index is 11.8. The van der Waals surface area contributed by atoms with Crippen molar-refractivity contribution < 1.29 is 14.7 Å². The molecule has 0 spiro atoms. The molecule has 1 aromatic carbocycles. The Balaban J connectivity index is 2.66. The summed E-state index contributed by atoms with van der Waals surface area (Å²) in [4.78, 5) is 22.3. The van der Waals surface area contributed by atoms with E-state index in [1.165, 1.54) is 0 Å². The van der Waals surface area contributed by atoms with Gasteiger partial charge in [-0.2, -0.15) is 0 Å². The lowest BCUT2D eigenvalue weighted by Gasteiger charge is -2.15. The van der Waals surface area contributed by atoms with E-state index in [1.54, 1.807) is 18.2 Å². The average molecular weight is 264 g/mol. The van der Waals surface area contributed by atoms with Crippen molar-refractivity contribution in [2.45, 2.75) is 32.7 Å². The van der Waals surface area contributed by atoms with Crippen molar-refractivity contribution in [1.29, 1.82) is 0 Å². The number of hydrogen-bond donors (Lipinski definition) is 3. The van der Waals surface area contributed by atoms with E-state index in [4.69, 9.17) is 10.8 Å². The first-order valence-electron chi connectivity index (χ1n) is 6.27. The van der Waals surface area contributed by atoms with Crippen LogP contribution in [0.2, 0.25) is 0 Å². The number of nitrogens with two attached hydrogens (primary N) is 1. The van der Waals surface area contributed by atoms with Gasteiger partial charge in [-0.05, 0) is 30.0 Å². The zero-order valence-corrected chi connectivity index (χ0v) is 11.2. The highest BCUT2D eigenvalue weighted by atomic mass is 16.4. The number of carbonyl (C=O) groups is 2. The summed E-state index contributed by atoms with van der Waals surface area (Å²) in [5.74, 6) is -1.00. The first-order valence-corrected chi connectivity index (χ1v) is 6.27. The Bertz CT molecular complexity index is 458. The number of aliphatic carboxylic acids is 1. The fraction of sp³-hybridized carbons (Fsp3) is 0.429. The predicted octanol–water partition coefficient (Wildman–Crippen LogP) is 1.63. The average Bonchev–Trinajstić information content (AvgIpc) is 2.35. The summed E-state index contributed by atoms with van der Waals surface area (Å²) in [6.07, 6.45) is 0.512. The molecule has 0 bridgehead atoms. The maximum absolute atomic E-state index is 11.8. The molecule has 0 radical (unpaired) electrons. The Hall–Kier alpha value is -1.88. The molecule has 104 valence electrons. The first kappa shape index (κ1) is 15.2. The summed E-state index contributed by atoms with van der Waals surface area (Å²) in [5, 5.41) is 11.4. The Kier molecular flexibility index (Phi) is 5.51. The lowest BCUT2D eigenvalue weighted by atomic mass is 10.0. The van der Waals surface area contributed by atoms with Gasteiger partial charge in [-0.15, -0.1) is 0 Å². The SMILES string of the molecule is CC(C)[C@H](N)C(=O)Nc1cccc(CCC(=O)O)c1. The van der Waals surface area contributed by atoms with E-state index in [2.05, 4.69) is 5.32 Å². The number of carbonyl (C=O) groups excluding carboxylic acids is 1. The third-order valence-electron chi connectivity index (χ3n) is 2.84. The highest BCUT2D eigenvalue weighted by Crippen LogP contribution is 2.13. The van der Waals surface area contributed by atoms with Gasteiger partial charge >= 0.3 is 5.97 Å². The van der Waals surface area contributed by atoms with Crippen molar-refractivity contribution >= 4 is 17.6 Å². The van der Waals surface area contributed by atoms with Crippen LogP contribution in [0.25, 0.3) is 0 Å². The van der Waals surface area contributed by atoms with E-state index >= 15 is 0 Å². The minimum absolute atomic E-state index is 0.0650. The molecule has 0 saturated heterocycles. The minimum atomic E-state index is -0.837. The second-order valence-electron chi connectivity index (χ2n) is 4.85. The molecule has 0 fully saturated rings. The topological polar surface area (TPSA) is 92.4 Å². The number of rotatable bonds is 6. The van der Waals surface area contributed by atoms with Gasteiger partial charge < -0.3 is 16.2 Å². The van der Waals surface area contributed by atoms with Crippen molar-refractivity contribution in [3.8, 4) is 0 Å². The standard InChI is InChI=1S/C14H20N2O3/c1-9(2)13(15)14(19)16-11-5-3-4-10(8-11)6-7-12(17)18/h3-5,8-9,13H,6-7,15H2,1-2H3,(H,16,19)(H,17,18)/t13-/m0/s1. The number of nitrogens with one attached hydrogen (secondary N) is 1. The van der Waals surface area contributed by atoms with Crippen LogP contribution >= 0.6 is 0 Å². The largest absolute Gasteiger partial charge is 0.481 e. The molecule has 4 N–H and O–H groups in total. The first-order chi connectivity index (χ1) is 8.90. The molecule has 1 atom stereocenters. The van der Waals surface area contributed by atoms with Crippen LogP contribution in [0.4, 0.5) is 5.69 Å². The summed E-state index contributed by atoms with van der Waals surface area (Å²) in [5.41, 5.74) is 7.27. The van der Waals surface area contributed by atoms with E-state index in [9.17, 15) is 9.59 Å². The Morgan fingerprint density at radius 1 is 1.37 bits per heavy atom. The van der Waals surface area contributed by atoms with E-state index in [-0.39, 0.29) is 18.2 Å². The highest BCUT2D eigenvalue weighted by molar-refractivity contribution is 5.94. The van der Waals surface area contributed by atoms with Crippen molar-refractivity contribution in [1.82, 2.24) is 0 Å². The number of carboxylic acids is 1. The van der Waals surface area contributed by atoms with Crippen LogP contribution in [-0.4, -0.2) is 23.0 Å². The van der Waals surface area contributed by atoms with Crippen molar-refractivity contribution in [3.05, 3.63) is 29.8 Å². The number of anilines is 1. The molecule has 0 aliphatic heterocycles. The van der Waals surface area contributed by atoms with Crippen LogP contribution < -0.4 is 11.1 Å². The number of benzene rings is 1. The van der Waals surface area contributed by atoms with Gasteiger partial charge in [0.2, 0.25) is 5.91 Å². The van der Waals surface area contributed by atoms with Crippen LogP contribution in [0.15, 0.2) is 24.3 Å². The van der Waals surface area contributed by atoms with Crippen LogP contribution in [0.3, 0.4) is 0 Å². The van der Waals surface area contributed by atoms with Gasteiger partial charge in [0.1, 0.15) is 0 Å². The van der Waals surface area contributed by atoms with E-state index in [0.717, 1.165) is 5.56 Å². The third kappa shape index (κ3) is 5.09. The van der Waals surface area contributed by atoms with E-state index < -0.39 is 12.0 Å². The molecule has 1 amide bonds. The molecular formula is C14H20N2O3. The van der Waals surface area contributed by atoms with Crippen LogP contribution in [-0.2, 0) is 16.0 Å². The zero-order valence-electron chi connectivity index (χ0n) is 11.2. The van der Waals surface area contributed by atoms with Gasteiger partial charge in [-0.3, -0.25) is 9.59 Å². The zero-order chi connectivity index (χ0) is 14.4. The van der Waals surface area contributed by atoms with Gasteiger partial charge in [0.25, 0.3) is 0 Å². The highest BCUT2D eigenvalue weighted by Gasteiger charge is 2.17. The van der Waals surface area contributed by atoms with Gasteiger partial charge in [0, 0.05) is 12.1 Å². The van der Waals surface area contributed by atoms with Crippen LogP contribution in [0, 0.1) is 5.92 Å². The fourth-order valence-corrected chi connectivity index (χ4v) is 1.58. The summed E-state index contributed by atoms with van der Waals surface area (Å²) in [6, 6.07) is 6.60. The van der Waals surface area contributed by atoms with Gasteiger partial charge in [-0.25, -0.2) is 0 Å². The van der Waals surface area contributed by atoms with Gasteiger partial charge in [0.05, 0.1) is 6.04 Å². The third-order valence-corrected chi connectivity index (χ3v) is 2.84. The molecule has 0 aliphatic carbocycles. The van der Waals surface area contributed by atoms with Crippen molar-refractivity contribution in [2.75, 3.05) is 5.32 Å². The van der Waals surface area contributed by atoms with Crippen LogP contribution in [0.5, 0.6) is 0 Å².